The van der Waals surface area contributed by atoms with Crippen LogP contribution in [-0.2, 0) is 9.59 Å². The van der Waals surface area contributed by atoms with Crippen molar-refractivity contribution in [1.29, 1.82) is 0 Å². The van der Waals surface area contributed by atoms with Crippen molar-refractivity contribution in [3.63, 3.8) is 0 Å². The first-order valence-corrected chi connectivity index (χ1v) is 6.09. The van der Waals surface area contributed by atoms with E-state index in [-0.39, 0.29) is 12.3 Å². The summed E-state index contributed by atoms with van der Waals surface area (Å²) in [5, 5.41) is 11.4. The first kappa shape index (κ1) is 12.9. The summed E-state index contributed by atoms with van der Waals surface area (Å²) in [4.78, 5) is 22.7. The summed E-state index contributed by atoms with van der Waals surface area (Å²) < 4.78 is -0.498. The molecule has 0 saturated carbocycles. The summed E-state index contributed by atoms with van der Waals surface area (Å²) in [5.74, 6) is 1.89. The van der Waals surface area contributed by atoms with Crippen molar-refractivity contribution in [1.82, 2.24) is 5.32 Å². The van der Waals surface area contributed by atoms with Crippen molar-refractivity contribution in [3.8, 4) is 12.3 Å². The molecule has 1 aliphatic heterocycles. The molecule has 4 nitrogen and oxygen atoms in total. The van der Waals surface area contributed by atoms with Crippen LogP contribution >= 0.6 is 11.8 Å². The second kappa shape index (κ2) is 5.26. The van der Waals surface area contributed by atoms with E-state index in [4.69, 9.17) is 11.5 Å². The van der Waals surface area contributed by atoms with Gasteiger partial charge in [0.2, 0.25) is 5.91 Å². The fourth-order valence-corrected chi connectivity index (χ4v) is 2.80. The molecule has 0 spiro atoms. The zero-order valence-corrected chi connectivity index (χ0v) is 9.97. The summed E-state index contributed by atoms with van der Waals surface area (Å²) in [6.07, 6.45) is 6.85. The van der Waals surface area contributed by atoms with Gasteiger partial charge in [-0.1, -0.05) is 0 Å². The molecule has 1 saturated heterocycles. The van der Waals surface area contributed by atoms with Crippen LogP contribution in [-0.4, -0.2) is 33.5 Å². The van der Waals surface area contributed by atoms with E-state index in [2.05, 4.69) is 11.2 Å². The van der Waals surface area contributed by atoms with Crippen LogP contribution < -0.4 is 5.32 Å². The number of nitrogens with one attached hydrogen (secondary N) is 1. The van der Waals surface area contributed by atoms with E-state index in [1.165, 1.54) is 0 Å². The lowest BCUT2D eigenvalue weighted by molar-refractivity contribution is -0.141. The van der Waals surface area contributed by atoms with Gasteiger partial charge in [0, 0.05) is 6.42 Å². The van der Waals surface area contributed by atoms with E-state index in [9.17, 15) is 9.59 Å². The lowest BCUT2D eigenvalue weighted by Gasteiger charge is -2.23. The molecule has 1 fully saturated rings. The maximum absolute atomic E-state index is 11.9. The van der Waals surface area contributed by atoms with Gasteiger partial charge in [-0.25, -0.2) is 4.79 Å². The Morgan fingerprint density at radius 3 is 2.81 bits per heavy atom. The number of hydrogen-bond donors (Lipinski definition) is 2. The lowest BCUT2D eigenvalue weighted by Crippen LogP contribution is -2.48. The van der Waals surface area contributed by atoms with Gasteiger partial charge < -0.3 is 10.4 Å². The zero-order chi connectivity index (χ0) is 12.2. The molecule has 0 aromatic rings. The highest BCUT2D eigenvalue weighted by Gasteiger charge is 2.38. The van der Waals surface area contributed by atoms with Crippen molar-refractivity contribution >= 4 is 23.6 Å². The van der Waals surface area contributed by atoms with Crippen molar-refractivity contribution < 1.29 is 14.7 Å². The first-order chi connectivity index (χ1) is 7.49. The number of carboxylic acid groups (broad SMARTS) is 1. The number of amides is 1. The summed E-state index contributed by atoms with van der Waals surface area (Å²) in [5.41, 5.74) is 0. The Labute approximate surface area is 99.2 Å². The topological polar surface area (TPSA) is 66.4 Å². The Morgan fingerprint density at radius 2 is 2.38 bits per heavy atom. The summed E-state index contributed by atoms with van der Waals surface area (Å²) in [6.45, 7) is 1.84. The number of thioether (sulfide) groups is 1. The number of terminal acetylenes is 1. The lowest BCUT2D eigenvalue weighted by atomic mass is 10.0. The van der Waals surface area contributed by atoms with E-state index in [1.807, 2.05) is 6.92 Å². The van der Waals surface area contributed by atoms with Gasteiger partial charge in [0.1, 0.15) is 6.04 Å². The molecule has 0 aromatic heterocycles. The van der Waals surface area contributed by atoms with Crippen LogP contribution in [0.15, 0.2) is 0 Å². The third kappa shape index (κ3) is 2.92. The van der Waals surface area contributed by atoms with Gasteiger partial charge in [0.05, 0.1) is 4.75 Å². The molecule has 0 aromatic carbocycles. The molecule has 2 N–H and O–H groups in total. The maximum Gasteiger partial charge on any atom is 0.327 e. The molecule has 1 amide bonds. The fraction of sp³-hybridized carbons (Fsp3) is 0.636. The van der Waals surface area contributed by atoms with E-state index in [1.54, 1.807) is 11.8 Å². The Morgan fingerprint density at radius 1 is 1.69 bits per heavy atom. The molecule has 1 rings (SSSR count). The van der Waals surface area contributed by atoms with Gasteiger partial charge in [-0.15, -0.1) is 24.1 Å². The highest BCUT2D eigenvalue weighted by molar-refractivity contribution is 8.01. The average Bonchev–Trinajstić information content (AvgIpc) is 2.65. The molecule has 2 unspecified atom stereocenters. The van der Waals surface area contributed by atoms with Crippen LogP contribution in [0.5, 0.6) is 0 Å². The number of carbonyl (C=O) groups is 2. The minimum absolute atomic E-state index is 0.0157. The summed E-state index contributed by atoms with van der Waals surface area (Å²) in [6, 6.07) is -0.976. The van der Waals surface area contributed by atoms with Gasteiger partial charge in [0.15, 0.2) is 0 Å². The molecule has 88 valence electrons. The molecule has 2 atom stereocenters. The summed E-state index contributed by atoms with van der Waals surface area (Å²) in [7, 11) is 0. The number of carbonyl (C=O) groups excluding carboxylic acids is 1. The van der Waals surface area contributed by atoms with Crippen LogP contribution in [0.1, 0.15) is 26.2 Å². The predicted molar refractivity (Wildman–Crippen MR) is 63.1 cm³/mol. The normalized spacial score (nSPS) is 25.8. The molecule has 1 aliphatic rings. The van der Waals surface area contributed by atoms with Crippen LogP contribution in [0.25, 0.3) is 0 Å². The maximum atomic E-state index is 11.9. The number of aliphatic carboxylic acids is 1. The highest BCUT2D eigenvalue weighted by Crippen LogP contribution is 2.37. The van der Waals surface area contributed by atoms with Crippen molar-refractivity contribution in [3.05, 3.63) is 0 Å². The second-order valence-electron chi connectivity index (χ2n) is 3.96. The quantitative estimate of drug-likeness (QED) is 0.717. The van der Waals surface area contributed by atoms with Gasteiger partial charge in [-0.2, -0.15) is 0 Å². The van der Waals surface area contributed by atoms with Crippen LogP contribution in [0, 0.1) is 12.3 Å². The van der Waals surface area contributed by atoms with E-state index in [0.29, 0.717) is 0 Å². The van der Waals surface area contributed by atoms with Gasteiger partial charge in [0.25, 0.3) is 0 Å². The van der Waals surface area contributed by atoms with E-state index < -0.39 is 16.8 Å². The summed E-state index contributed by atoms with van der Waals surface area (Å²) >= 11 is 1.57. The Kier molecular flexibility index (Phi) is 4.25. The third-order valence-corrected chi connectivity index (χ3v) is 4.14. The van der Waals surface area contributed by atoms with Gasteiger partial charge in [-0.3, -0.25) is 4.79 Å². The van der Waals surface area contributed by atoms with E-state index >= 15 is 0 Å². The zero-order valence-electron chi connectivity index (χ0n) is 9.16. The van der Waals surface area contributed by atoms with Crippen LogP contribution in [0.2, 0.25) is 0 Å². The smallest absolute Gasteiger partial charge is 0.327 e. The monoisotopic (exact) mass is 241 g/mol. The molecule has 16 heavy (non-hydrogen) atoms. The standard InChI is InChI=1S/C11H15NO3S/c1-3-5-8(9(13)14)12-10(15)11(2)6-4-7-16-11/h1,8H,4-7H2,2H3,(H,12,15)(H,13,14). The fourth-order valence-electron chi connectivity index (χ4n) is 1.59. The van der Waals surface area contributed by atoms with E-state index in [0.717, 1.165) is 18.6 Å². The average molecular weight is 241 g/mol. The molecule has 0 bridgehead atoms. The SMILES string of the molecule is C#CCC(NC(=O)C1(C)CCCS1)C(=O)O. The number of rotatable bonds is 4. The van der Waals surface area contributed by atoms with Crippen molar-refractivity contribution in [2.75, 3.05) is 5.75 Å². The molecule has 0 aliphatic carbocycles. The Hall–Kier alpha value is -1.15. The molecule has 1 heterocycles. The third-order valence-electron chi connectivity index (χ3n) is 2.62. The Bertz CT molecular complexity index is 329. The molecular weight excluding hydrogens is 226 g/mol. The van der Waals surface area contributed by atoms with Crippen LogP contribution in [0.4, 0.5) is 0 Å². The van der Waals surface area contributed by atoms with Gasteiger partial charge >= 0.3 is 5.97 Å². The minimum atomic E-state index is -1.09. The van der Waals surface area contributed by atoms with Gasteiger partial charge in [-0.05, 0) is 25.5 Å². The molecule has 0 radical (unpaired) electrons. The van der Waals surface area contributed by atoms with Crippen LogP contribution in [0.3, 0.4) is 0 Å². The number of carboxylic acids is 1. The minimum Gasteiger partial charge on any atom is -0.480 e. The second-order valence-corrected chi connectivity index (χ2v) is 5.55. The number of hydrogen-bond acceptors (Lipinski definition) is 3. The molecular formula is C11H15NO3S. The largest absolute Gasteiger partial charge is 0.480 e. The predicted octanol–water partition coefficient (Wildman–Crippen LogP) is 0.865. The van der Waals surface area contributed by atoms with Crippen molar-refractivity contribution in [2.24, 2.45) is 0 Å². The Balaban J connectivity index is 2.61. The first-order valence-electron chi connectivity index (χ1n) is 5.11. The molecule has 5 heteroatoms. The highest BCUT2D eigenvalue weighted by atomic mass is 32.2. The van der Waals surface area contributed by atoms with Crippen molar-refractivity contribution in [2.45, 2.75) is 37.0 Å².